The van der Waals surface area contributed by atoms with Crippen LogP contribution in [0.5, 0.6) is 0 Å². The van der Waals surface area contributed by atoms with Crippen LogP contribution in [0.1, 0.15) is 23.2 Å². The van der Waals surface area contributed by atoms with Gasteiger partial charge in [-0.2, -0.15) is 0 Å². The second-order valence-electron chi connectivity index (χ2n) is 5.67. The monoisotopic (exact) mass is 376 g/mol. The topological polar surface area (TPSA) is 34.4 Å². The molecule has 0 radical (unpaired) electrons. The molecule has 0 aliphatic heterocycles. The zero-order valence-electron chi connectivity index (χ0n) is 12.4. The summed E-state index contributed by atoms with van der Waals surface area (Å²) in [7, 11) is 0. The van der Waals surface area contributed by atoms with Crippen molar-refractivity contribution >= 4 is 52.1 Å². The van der Waals surface area contributed by atoms with E-state index in [2.05, 4.69) is 4.98 Å². The maximum atomic E-state index is 12.7. The van der Waals surface area contributed by atoms with Gasteiger partial charge in [-0.3, -0.25) is 9.20 Å². The Kier molecular flexibility index (Phi) is 3.87. The molecule has 0 bridgehead atoms. The summed E-state index contributed by atoms with van der Waals surface area (Å²) >= 11 is 18.3. The average Bonchev–Trinajstić information content (AvgIpc) is 2.92. The van der Waals surface area contributed by atoms with Crippen molar-refractivity contribution in [2.24, 2.45) is 0 Å². The third-order valence-corrected chi connectivity index (χ3v) is 4.80. The van der Waals surface area contributed by atoms with E-state index in [0.29, 0.717) is 38.4 Å². The van der Waals surface area contributed by atoms with Gasteiger partial charge in [0.15, 0.2) is 5.65 Å². The van der Waals surface area contributed by atoms with E-state index in [-0.39, 0.29) is 5.56 Å². The predicted molar refractivity (Wildman–Crippen MR) is 99.1 cm³/mol. The fraction of sp³-hybridized carbons (Fsp3) is 0.111. The number of pyridine rings is 1. The van der Waals surface area contributed by atoms with Gasteiger partial charge in [0.25, 0.3) is 5.56 Å². The second kappa shape index (κ2) is 5.92. The van der Waals surface area contributed by atoms with Gasteiger partial charge in [0.1, 0.15) is 0 Å². The first-order valence-corrected chi connectivity index (χ1v) is 8.53. The number of hydrogen-bond acceptors (Lipinski definition) is 2. The summed E-state index contributed by atoms with van der Waals surface area (Å²) in [5.74, 6) is 0. The van der Waals surface area contributed by atoms with Crippen LogP contribution in [0.2, 0.25) is 15.1 Å². The highest BCUT2D eigenvalue weighted by molar-refractivity contribution is 6.36. The quantitative estimate of drug-likeness (QED) is 0.588. The third-order valence-electron chi connectivity index (χ3n) is 4.08. The van der Waals surface area contributed by atoms with Crippen LogP contribution in [-0.4, -0.2) is 9.38 Å². The van der Waals surface area contributed by atoms with Gasteiger partial charge in [-0.05, 0) is 48.3 Å². The van der Waals surface area contributed by atoms with E-state index in [1.54, 1.807) is 12.3 Å². The summed E-state index contributed by atoms with van der Waals surface area (Å²) in [6.45, 7) is 0. The predicted octanol–water partition coefficient (Wildman–Crippen LogP) is 5.14. The number of fused-ring (bicyclic) bond motifs is 2. The van der Waals surface area contributed by atoms with Crippen LogP contribution in [0.25, 0.3) is 17.3 Å². The molecular weight excluding hydrogens is 367 g/mol. The van der Waals surface area contributed by atoms with E-state index in [1.165, 1.54) is 4.40 Å². The number of allylic oxidation sites excluding steroid dienone is 1. The van der Waals surface area contributed by atoms with E-state index in [1.807, 2.05) is 30.3 Å². The molecule has 6 heteroatoms. The molecule has 0 N–H and O–H groups in total. The summed E-state index contributed by atoms with van der Waals surface area (Å²) in [5, 5.41) is 1.44. The molecule has 0 saturated heterocycles. The van der Waals surface area contributed by atoms with Gasteiger partial charge < -0.3 is 0 Å². The number of rotatable bonds is 1. The molecule has 2 aromatic heterocycles. The van der Waals surface area contributed by atoms with Gasteiger partial charge in [0.05, 0.1) is 15.7 Å². The Balaban J connectivity index is 1.94. The molecule has 0 unspecified atom stereocenters. The highest BCUT2D eigenvalue weighted by Gasteiger charge is 2.23. The molecule has 3 nitrogen and oxygen atoms in total. The first kappa shape index (κ1) is 15.7. The zero-order chi connectivity index (χ0) is 16.8. The summed E-state index contributed by atoms with van der Waals surface area (Å²) in [4.78, 5) is 17.4. The number of halogens is 3. The van der Waals surface area contributed by atoms with E-state index < -0.39 is 0 Å². The fourth-order valence-corrected chi connectivity index (χ4v) is 3.72. The SMILES string of the molecule is O=c1c2c(nc3c(Cl)cc(Cl)cn13)C(=Cc1cccc(Cl)c1)CC2. The number of hydrogen-bond donors (Lipinski definition) is 0. The Labute approximate surface area is 153 Å². The van der Waals surface area contributed by atoms with E-state index >= 15 is 0 Å². The number of benzene rings is 1. The highest BCUT2D eigenvalue weighted by Crippen LogP contribution is 2.32. The van der Waals surface area contributed by atoms with E-state index in [4.69, 9.17) is 34.8 Å². The van der Waals surface area contributed by atoms with Crippen LogP contribution in [0.15, 0.2) is 41.3 Å². The molecule has 3 aromatic rings. The molecule has 1 aliphatic rings. The average molecular weight is 378 g/mol. The lowest BCUT2D eigenvalue weighted by Gasteiger charge is -2.07. The van der Waals surface area contributed by atoms with E-state index in [0.717, 1.165) is 17.6 Å². The lowest BCUT2D eigenvalue weighted by atomic mass is 10.1. The molecule has 0 atom stereocenters. The van der Waals surface area contributed by atoms with Crippen molar-refractivity contribution < 1.29 is 0 Å². The minimum atomic E-state index is -0.117. The zero-order valence-corrected chi connectivity index (χ0v) is 14.7. The van der Waals surface area contributed by atoms with Crippen molar-refractivity contribution in [3.63, 3.8) is 0 Å². The lowest BCUT2D eigenvalue weighted by molar-refractivity contribution is 0.971. The molecule has 0 saturated carbocycles. The Bertz CT molecular complexity index is 1070. The molecule has 1 aromatic carbocycles. The van der Waals surface area contributed by atoms with Crippen molar-refractivity contribution in [1.29, 1.82) is 0 Å². The Hall–Kier alpha value is -1.81. The van der Waals surface area contributed by atoms with Crippen LogP contribution in [-0.2, 0) is 6.42 Å². The van der Waals surface area contributed by atoms with Crippen LogP contribution in [0.3, 0.4) is 0 Å². The standard InChI is InChI=1S/C18H11Cl3N2O/c19-12-3-1-2-10(7-12)6-11-4-5-14-16(11)22-17-15(21)8-13(20)9-23(17)18(14)24/h1-3,6-9H,4-5H2. The Morgan fingerprint density at radius 2 is 1.92 bits per heavy atom. The summed E-state index contributed by atoms with van der Waals surface area (Å²) in [6.07, 6.45) is 4.98. The van der Waals surface area contributed by atoms with Gasteiger partial charge in [-0.25, -0.2) is 4.98 Å². The first-order valence-electron chi connectivity index (χ1n) is 7.40. The molecule has 120 valence electrons. The smallest absolute Gasteiger partial charge is 0.261 e. The Morgan fingerprint density at radius 3 is 2.71 bits per heavy atom. The Morgan fingerprint density at radius 1 is 1.08 bits per heavy atom. The van der Waals surface area contributed by atoms with Crippen LogP contribution in [0.4, 0.5) is 0 Å². The maximum Gasteiger partial charge on any atom is 0.261 e. The second-order valence-corrected chi connectivity index (χ2v) is 6.95. The van der Waals surface area contributed by atoms with Crippen molar-refractivity contribution in [2.75, 3.05) is 0 Å². The third kappa shape index (κ3) is 2.63. The molecule has 24 heavy (non-hydrogen) atoms. The van der Waals surface area contributed by atoms with Crippen molar-refractivity contribution in [3.05, 3.63) is 78.8 Å². The minimum Gasteiger partial charge on any atom is -0.269 e. The molecular formula is C18H11Cl3N2O. The summed E-state index contributed by atoms with van der Waals surface area (Å²) in [5.41, 5.74) is 3.70. The number of nitrogens with zero attached hydrogens (tertiary/aromatic N) is 2. The van der Waals surface area contributed by atoms with Crippen molar-refractivity contribution in [2.45, 2.75) is 12.8 Å². The van der Waals surface area contributed by atoms with Crippen molar-refractivity contribution in [3.8, 4) is 0 Å². The highest BCUT2D eigenvalue weighted by atomic mass is 35.5. The summed E-state index contributed by atoms with van der Waals surface area (Å²) < 4.78 is 1.42. The van der Waals surface area contributed by atoms with Gasteiger partial charge >= 0.3 is 0 Å². The molecule has 0 spiro atoms. The van der Waals surface area contributed by atoms with Crippen LogP contribution in [0, 0.1) is 0 Å². The van der Waals surface area contributed by atoms with Crippen LogP contribution >= 0.6 is 34.8 Å². The molecule has 1 aliphatic carbocycles. The van der Waals surface area contributed by atoms with Gasteiger partial charge in [-0.1, -0.05) is 46.9 Å². The normalized spacial score (nSPS) is 15.2. The largest absolute Gasteiger partial charge is 0.269 e. The lowest BCUT2D eigenvalue weighted by Crippen LogP contribution is -2.20. The van der Waals surface area contributed by atoms with Gasteiger partial charge in [-0.15, -0.1) is 0 Å². The molecule has 2 heterocycles. The maximum absolute atomic E-state index is 12.7. The van der Waals surface area contributed by atoms with Gasteiger partial charge in [0.2, 0.25) is 0 Å². The fourth-order valence-electron chi connectivity index (χ4n) is 3.01. The minimum absolute atomic E-state index is 0.117. The molecule has 0 fully saturated rings. The van der Waals surface area contributed by atoms with Crippen molar-refractivity contribution in [1.82, 2.24) is 9.38 Å². The molecule has 4 rings (SSSR count). The first-order chi connectivity index (χ1) is 11.5. The van der Waals surface area contributed by atoms with Gasteiger partial charge in [0, 0.05) is 16.8 Å². The van der Waals surface area contributed by atoms with Crippen LogP contribution < -0.4 is 5.56 Å². The summed E-state index contributed by atoms with van der Waals surface area (Å²) in [6, 6.07) is 9.16. The molecule has 0 amide bonds. The van der Waals surface area contributed by atoms with E-state index in [9.17, 15) is 4.79 Å². The number of aromatic nitrogens is 2.